The lowest BCUT2D eigenvalue weighted by Crippen LogP contribution is -2.16. The van der Waals surface area contributed by atoms with E-state index in [2.05, 4.69) is 55.6 Å². The molecule has 0 bridgehead atoms. The number of aliphatic hydroxyl groups is 1. The Balaban J connectivity index is 1.42. The van der Waals surface area contributed by atoms with Crippen LogP contribution in [-0.4, -0.2) is 41.5 Å². The SMILES string of the molecule is CCC(O)Nc1cncc(-c2ccc3[nH]nc(-c4nc5nccc(-c6ccc(C)s6)c5[nH]4)c3c2)c1. The number of nitrogens with zero attached hydrogens (tertiary/aromatic N) is 4. The van der Waals surface area contributed by atoms with Gasteiger partial charge in [-0.3, -0.25) is 10.1 Å². The van der Waals surface area contributed by atoms with Crippen LogP contribution in [0.2, 0.25) is 0 Å². The molecule has 9 heteroatoms. The molecule has 0 fully saturated rings. The Labute approximate surface area is 205 Å². The lowest BCUT2D eigenvalue weighted by molar-refractivity contribution is 0.199. The molecule has 6 aromatic rings. The summed E-state index contributed by atoms with van der Waals surface area (Å²) in [7, 11) is 0. The first kappa shape index (κ1) is 21.5. The second-order valence-corrected chi connectivity index (χ2v) is 9.70. The molecule has 1 atom stereocenters. The molecule has 8 nitrogen and oxygen atoms in total. The number of aryl methyl sites for hydroxylation is 1. The summed E-state index contributed by atoms with van der Waals surface area (Å²) < 4.78 is 0. The number of H-pyrrole nitrogens is 2. The fourth-order valence-electron chi connectivity index (χ4n) is 4.15. The predicted octanol–water partition coefficient (Wildman–Crippen LogP) is 5.74. The monoisotopic (exact) mass is 481 g/mol. The van der Waals surface area contributed by atoms with Crippen LogP contribution in [0.5, 0.6) is 0 Å². The zero-order valence-electron chi connectivity index (χ0n) is 19.2. The van der Waals surface area contributed by atoms with Crippen molar-refractivity contribution in [3.05, 3.63) is 65.9 Å². The van der Waals surface area contributed by atoms with Crippen LogP contribution >= 0.6 is 11.3 Å². The number of benzene rings is 1. The van der Waals surface area contributed by atoms with E-state index in [9.17, 15) is 5.11 Å². The van der Waals surface area contributed by atoms with Crippen molar-refractivity contribution in [2.75, 3.05) is 5.32 Å². The Bertz CT molecular complexity index is 1670. The Hall–Kier alpha value is -4.08. The Morgan fingerprint density at radius 1 is 1.09 bits per heavy atom. The van der Waals surface area contributed by atoms with E-state index in [0.29, 0.717) is 17.9 Å². The van der Waals surface area contributed by atoms with E-state index < -0.39 is 6.23 Å². The molecule has 0 saturated heterocycles. The molecule has 0 spiro atoms. The quantitative estimate of drug-likeness (QED) is 0.226. The standard InChI is InChI=1S/C26H23N7OS/c1-3-22(34)29-17-10-16(12-27-13-17)15-5-6-20-19(11-15)24(33-32-20)26-30-23-18(8-9-28-25(23)31-26)21-7-4-14(2)35-21/h4-13,22,29,34H,3H2,1-2H3,(H,32,33)(H,28,30,31). The summed E-state index contributed by atoms with van der Waals surface area (Å²) in [4.78, 5) is 19.5. The molecule has 0 aliphatic rings. The maximum atomic E-state index is 9.94. The molecule has 1 unspecified atom stereocenters. The third-order valence-corrected chi connectivity index (χ3v) is 7.01. The fraction of sp³-hybridized carbons (Fsp3) is 0.154. The van der Waals surface area contributed by atoms with Gasteiger partial charge in [-0.25, -0.2) is 9.97 Å². The predicted molar refractivity (Wildman–Crippen MR) is 140 cm³/mol. The summed E-state index contributed by atoms with van der Waals surface area (Å²) in [5.41, 5.74) is 6.98. The van der Waals surface area contributed by atoms with Gasteiger partial charge in [-0.2, -0.15) is 5.10 Å². The van der Waals surface area contributed by atoms with Gasteiger partial charge in [-0.05, 0) is 55.3 Å². The Kier molecular flexibility index (Phi) is 5.28. The Morgan fingerprint density at radius 2 is 2.00 bits per heavy atom. The molecular weight excluding hydrogens is 458 g/mol. The number of aromatic nitrogens is 6. The zero-order valence-corrected chi connectivity index (χ0v) is 20.0. The third-order valence-electron chi connectivity index (χ3n) is 5.98. The van der Waals surface area contributed by atoms with Crippen LogP contribution in [0, 0.1) is 6.92 Å². The maximum absolute atomic E-state index is 9.94. The first-order chi connectivity index (χ1) is 17.1. The van der Waals surface area contributed by atoms with Crippen molar-refractivity contribution in [2.24, 2.45) is 0 Å². The normalized spacial score (nSPS) is 12.4. The van der Waals surface area contributed by atoms with E-state index in [-0.39, 0.29) is 0 Å². The van der Waals surface area contributed by atoms with Crippen LogP contribution in [0.15, 0.2) is 61.1 Å². The molecule has 6 rings (SSSR count). The first-order valence-corrected chi connectivity index (χ1v) is 12.2. The molecule has 0 aliphatic carbocycles. The van der Waals surface area contributed by atoms with Gasteiger partial charge in [0.25, 0.3) is 0 Å². The number of hydrogen-bond donors (Lipinski definition) is 4. The smallest absolute Gasteiger partial charge is 0.178 e. The highest BCUT2D eigenvalue weighted by molar-refractivity contribution is 7.15. The minimum Gasteiger partial charge on any atom is -0.374 e. The number of imidazole rings is 1. The summed E-state index contributed by atoms with van der Waals surface area (Å²) >= 11 is 1.75. The van der Waals surface area contributed by atoms with Crippen LogP contribution in [0.1, 0.15) is 18.2 Å². The van der Waals surface area contributed by atoms with Gasteiger partial charge in [0.05, 0.1) is 22.9 Å². The van der Waals surface area contributed by atoms with Crippen molar-refractivity contribution < 1.29 is 5.11 Å². The van der Waals surface area contributed by atoms with Crippen LogP contribution < -0.4 is 5.32 Å². The van der Waals surface area contributed by atoms with Gasteiger partial charge in [0.2, 0.25) is 0 Å². The Morgan fingerprint density at radius 3 is 2.83 bits per heavy atom. The molecule has 5 heterocycles. The summed E-state index contributed by atoms with van der Waals surface area (Å²) in [6, 6.07) is 14.3. The second kappa shape index (κ2) is 8.61. The number of thiophene rings is 1. The molecule has 1 aromatic carbocycles. The molecular formula is C26H23N7OS. The molecule has 0 aliphatic heterocycles. The zero-order chi connectivity index (χ0) is 23.9. The van der Waals surface area contributed by atoms with Crippen molar-refractivity contribution in [3.63, 3.8) is 0 Å². The molecule has 4 N–H and O–H groups in total. The summed E-state index contributed by atoms with van der Waals surface area (Å²) in [6.45, 7) is 4.02. The van der Waals surface area contributed by atoms with Crippen LogP contribution in [-0.2, 0) is 0 Å². The average Bonchev–Trinajstić information content (AvgIpc) is 3.61. The van der Waals surface area contributed by atoms with Crippen LogP contribution in [0.4, 0.5) is 5.69 Å². The van der Waals surface area contributed by atoms with Gasteiger partial charge in [0, 0.05) is 38.7 Å². The first-order valence-electron chi connectivity index (χ1n) is 11.4. The van der Waals surface area contributed by atoms with E-state index in [1.165, 1.54) is 9.75 Å². The molecule has 0 saturated carbocycles. The average molecular weight is 482 g/mol. The maximum Gasteiger partial charge on any atom is 0.178 e. The molecule has 174 valence electrons. The van der Waals surface area contributed by atoms with Gasteiger partial charge in [0.1, 0.15) is 11.9 Å². The van der Waals surface area contributed by atoms with Crippen molar-refractivity contribution in [1.82, 2.24) is 30.1 Å². The number of pyridine rings is 2. The van der Waals surface area contributed by atoms with Crippen molar-refractivity contribution in [2.45, 2.75) is 26.5 Å². The van der Waals surface area contributed by atoms with E-state index in [4.69, 9.17) is 4.98 Å². The highest BCUT2D eigenvalue weighted by atomic mass is 32.1. The minimum atomic E-state index is -0.611. The number of anilines is 1. The van der Waals surface area contributed by atoms with Crippen LogP contribution in [0.3, 0.4) is 0 Å². The highest BCUT2D eigenvalue weighted by Crippen LogP contribution is 2.35. The molecule has 0 amide bonds. The van der Waals surface area contributed by atoms with Gasteiger partial charge in [-0.1, -0.05) is 13.0 Å². The van der Waals surface area contributed by atoms with E-state index >= 15 is 0 Å². The van der Waals surface area contributed by atoms with E-state index in [1.807, 2.05) is 37.4 Å². The number of aromatic amines is 2. The number of aliphatic hydroxyl groups excluding tert-OH is 1. The fourth-order valence-corrected chi connectivity index (χ4v) is 5.05. The third kappa shape index (κ3) is 3.94. The summed E-state index contributed by atoms with van der Waals surface area (Å²) in [5.74, 6) is 0.663. The van der Waals surface area contributed by atoms with Gasteiger partial charge >= 0.3 is 0 Å². The second-order valence-electron chi connectivity index (χ2n) is 8.42. The summed E-state index contributed by atoms with van der Waals surface area (Å²) in [5, 5.41) is 21.6. The van der Waals surface area contributed by atoms with E-state index in [0.717, 1.165) is 44.5 Å². The highest BCUT2D eigenvalue weighted by Gasteiger charge is 2.17. The lowest BCUT2D eigenvalue weighted by Gasteiger charge is -2.12. The number of hydrogen-bond acceptors (Lipinski definition) is 7. The number of fused-ring (bicyclic) bond motifs is 2. The van der Waals surface area contributed by atoms with Crippen molar-refractivity contribution in [1.29, 1.82) is 0 Å². The largest absolute Gasteiger partial charge is 0.374 e. The van der Waals surface area contributed by atoms with Gasteiger partial charge in [0.15, 0.2) is 11.5 Å². The minimum absolute atomic E-state index is 0.606. The lowest BCUT2D eigenvalue weighted by atomic mass is 10.0. The van der Waals surface area contributed by atoms with E-state index in [1.54, 1.807) is 23.7 Å². The van der Waals surface area contributed by atoms with Gasteiger partial charge < -0.3 is 15.4 Å². The van der Waals surface area contributed by atoms with Crippen LogP contribution in [0.25, 0.3) is 55.2 Å². The molecule has 35 heavy (non-hydrogen) atoms. The number of nitrogens with one attached hydrogen (secondary N) is 3. The van der Waals surface area contributed by atoms with Gasteiger partial charge in [-0.15, -0.1) is 11.3 Å². The van der Waals surface area contributed by atoms with Crippen molar-refractivity contribution >= 4 is 39.1 Å². The molecule has 5 aromatic heterocycles. The summed E-state index contributed by atoms with van der Waals surface area (Å²) in [6.07, 6.45) is 5.30. The van der Waals surface area contributed by atoms with Crippen molar-refractivity contribution in [3.8, 4) is 33.1 Å². The topological polar surface area (TPSA) is 115 Å². The molecule has 0 radical (unpaired) electrons. The number of rotatable bonds is 6.